The molecule has 1 amide bonds. The Bertz CT molecular complexity index is 1150. The van der Waals surface area contributed by atoms with Gasteiger partial charge in [-0.1, -0.05) is 40.4 Å². The number of nitrogens with zero attached hydrogens (tertiary/aromatic N) is 2. The van der Waals surface area contributed by atoms with Gasteiger partial charge in [0.25, 0.3) is 11.8 Å². The highest BCUT2D eigenvalue weighted by molar-refractivity contribution is 6.35. The average Bonchev–Trinajstić information content (AvgIpc) is 3.30. The molecule has 0 aliphatic heterocycles. The van der Waals surface area contributed by atoms with Crippen LogP contribution in [0.4, 0.5) is 6.01 Å². The molecule has 2 aromatic heterocycles. The standard InChI is InChI=1S/C18H11Cl2N3O4/c1-25-13-4-2-3-9-7-14(26-15(9)13)16(24)21-18-23-22-17(27-18)11-8-10(19)5-6-12(11)20/h2-8H,1H3,(H,21,23,24). The van der Waals surface area contributed by atoms with Crippen molar-refractivity contribution in [3.63, 3.8) is 0 Å². The van der Waals surface area contributed by atoms with Crippen molar-refractivity contribution in [3.05, 3.63) is 58.3 Å². The van der Waals surface area contributed by atoms with E-state index in [1.54, 1.807) is 36.4 Å². The fourth-order valence-corrected chi connectivity index (χ4v) is 2.88. The molecule has 2 heterocycles. The number of methoxy groups -OCH3 is 1. The van der Waals surface area contributed by atoms with E-state index in [0.717, 1.165) is 5.39 Å². The molecule has 0 radical (unpaired) electrons. The minimum Gasteiger partial charge on any atom is -0.493 e. The Labute approximate surface area is 162 Å². The number of furan rings is 1. The van der Waals surface area contributed by atoms with Crippen molar-refractivity contribution in [3.8, 4) is 17.2 Å². The van der Waals surface area contributed by atoms with Gasteiger partial charge in [0.2, 0.25) is 0 Å². The summed E-state index contributed by atoms with van der Waals surface area (Å²) in [7, 11) is 1.53. The van der Waals surface area contributed by atoms with Gasteiger partial charge in [-0.3, -0.25) is 10.1 Å². The molecule has 0 aliphatic carbocycles. The summed E-state index contributed by atoms with van der Waals surface area (Å²) in [5.41, 5.74) is 0.938. The van der Waals surface area contributed by atoms with E-state index in [1.165, 1.54) is 7.11 Å². The number of carbonyl (C=O) groups excluding carboxylic acids is 1. The second-order valence-electron chi connectivity index (χ2n) is 5.48. The first-order valence-electron chi connectivity index (χ1n) is 7.72. The maximum absolute atomic E-state index is 12.4. The largest absolute Gasteiger partial charge is 0.493 e. The highest BCUT2D eigenvalue weighted by Gasteiger charge is 2.18. The first-order chi connectivity index (χ1) is 13.0. The van der Waals surface area contributed by atoms with Crippen molar-refractivity contribution >= 4 is 46.1 Å². The van der Waals surface area contributed by atoms with Gasteiger partial charge in [0.15, 0.2) is 17.1 Å². The van der Waals surface area contributed by atoms with Gasteiger partial charge in [-0.05, 0) is 30.3 Å². The second kappa shape index (κ2) is 6.94. The molecule has 0 aliphatic rings. The number of amides is 1. The number of anilines is 1. The lowest BCUT2D eigenvalue weighted by Crippen LogP contribution is -2.10. The zero-order valence-electron chi connectivity index (χ0n) is 13.8. The maximum Gasteiger partial charge on any atom is 0.322 e. The van der Waals surface area contributed by atoms with Gasteiger partial charge in [0.05, 0.1) is 17.7 Å². The molecular formula is C18H11Cl2N3O4. The third-order valence-electron chi connectivity index (χ3n) is 3.76. The molecule has 0 saturated heterocycles. The molecule has 0 saturated carbocycles. The highest BCUT2D eigenvalue weighted by Crippen LogP contribution is 2.31. The van der Waals surface area contributed by atoms with Crippen LogP contribution in [0.2, 0.25) is 10.0 Å². The van der Waals surface area contributed by atoms with Crippen LogP contribution in [0.1, 0.15) is 10.6 Å². The van der Waals surface area contributed by atoms with E-state index in [-0.39, 0.29) is 17.7 Å². The van der Waals surface area contributed by atoms with E-state index >= 15 is 0 Å². The lowest BCUT2D eigenvalue weighted by molar-refractivity contribution is 0.0995. The van der Waals surface area contributed by atoms with Gasteiger partial charge in [-0.2, -0.15) is 0 Å². The van der Waals surface area contributed by atoms with Crippen molar-refractivity contribution < 1.29 is 18.4 Å². The summed E-state index contributed by atoms with van der Waals surface area (Å²) in [5, 5.41) is 11.8. The Balaban J connectivity index is 1.59. The number of fused-ring (bicyclic) bond motifs is 1. The minimum atomic E-state index is -0.541. The SMILES string of the molecule is COc1cccc2cc(C(=O)Nc3nnc(-c4cc(Cl)ccc4Cl)o3)oc12. The fraction of sp³-hybridized carbons (Fsp3) is 0.0556. The van der Waals surface area contributed by atoms with E-state index in [9.17, 15) is 4.79 Å². The van der Waals surface area contributed by atoms with Crippen molar-refractivity contribution in [2.75, 3.05) is 12.4 Å². The van der Waals surface area contributed by atoms with Crippen LogP contribution in [0.3, 0.4) is 0 Å². The van der Waals surface area contributed by atoms with Crippen LogP contribution in [0, 0.1) is 0 Å². The molecule has 0 fully saturated rings. The first kappa shape index (κ1) is 17.4. The summed E-state index contributed by atoms with van der Waals surface area (Å²) in [6.45, 7) is 0. The van der Waals surface area contributed by atoms with E-state index in [4.69, 9.17) is 36.8 Å². The molecule has 0 bridgehead atoms. The summed E-state index contributed by atoms with van der Waals surface area (Å²) >= 11 is 12.1. The normalized spacial score (nSPS) is 10.9. The molecule has 4 aromatic rings. The molecule has 7 nitrogen and oxygen atoms in total. The topological polar surface area (TPSA) is 90.4 Å². The number of carbonyl (C=O) groups is 1. The molecule has 136 valence electrons. The number of aromatic nitrogens is 2. The minimum absolute atomic E-state index is 0.0787. The average molecular weight is 404 g/mol. The van der Waals surface area contributed by atoms with Crippen molar-refractivity contribution in [1.29, 1.82) is 0 Å². The zero-order chi connectivity index (χ0) is 19.0. The number of halogens is 2. The number of para-hydroxylation sites is 1. The van der Waals surface area contributed by atoms with Gasteiger partial charge >= 0.3 is 6.01 Å². The predicted molar refractivity (Wildman–Crippen MR) is 100 cm³/mol. The number of hydrogen-bond acceptors (Lipinski definition) is 6. The fourth-order valence-electron chi connectivity index (χ4n) is 2.51. The van der Waals surface area contributed by atoms with Crippen molar-refractivity contribution in [1.82, 2.24) is 10.2 Å². The Kier molecular flexibility index (Phi) is 4.47. The van der Waals surface area contributed by atoms with Crippen LogP contribution in [0.25, 0.3) is 22.4 Å². The highest BCUT2D eigenvalue weighted by atomic mass is 35.5. The Morgan fingerprint density at radius 3 is 2.78 bits per heavy atom. The lowest BCUT2D eigenvalue weighted by Gasteiger charge is -2.00. The lowest BCUT2D eigenvalue weighted by atomic mass is 10.2. The molecule has 0 spiro atoms. The number of benzene rings is 2. The second-order valence-corrected chi connectivity index (χ2v) is 6.32. The molecule has 27 heavy (non-hydrogen) atoms. The Morgan fingerprint density at radius 2 is 1.96 bits per heavy atom. The number of hydrogen-bond donors (Lipinski definition) is 1. The molecule has 1 N–H and O–H groups in total. The van der Waals surface area contributed by atoms with Crippen LogP contribution in [0.15, 0.2) is 51.3 Å². The zero-order valence-corrected chi connectivity index (χ0v) is 15.3. The van der Waals surface area contributed by atoms with Crippen LogP contribution in [-0.4, -0.2) is 23.2 Å². The third-order valence-corrected chi connectivity index (χ3v) is 4.32. The van der Waals surface area contributed by atoms with E-state index in [2.05, 4.69) is 15.5 Å². The van der Waals surface area contributed by atoms with Gasteiger partial charge in [-0.15, -0.1) is 5.10 Å². The summed E-state index contributed by atoms with van der Waals surface area (Å²) in [4.78, 5) is 12.4. The Morgan fingerprint density at radius 1 is 1.11 bits per heavy atom. The van der Waals surface area contributed by atoms with E-state index < -0.39 is 5.91 Å². The van der Waals surface area contributed by atoms with Gasteiger partial charge in [0.1, 0.15) is 0 Å². The van der Waals surface area contributed by atoms with Gasteiger partial charge in [0, 0.05) is 10.4 Å². The van der Waals surface area contributed by atoms with Crippen molar-refractivity contribution in [2.24, 2.45) is 0 Å². The summed E-state index contributed by atoms with van der Waals surface area (Å²) in [5.74, 6) is 0.196. The summed E-state index contributed by atoms with van der Waals surface area (Å²) in [6, 6.07) is 11.7. The van der Waals surface area contributed by atoms with Crippen LogP contribution >= 0.6 is 23.2 Å². The smallest absolute Gasteiger partial charge is 0.322 e. The molecule has 2 aromatic carbocycles. The third kappa shape index (κ3) is 3.34. The number of nitrogens with one attached hydrogen (secondary N) is 1. The van der Waals surface area contributed by atoms with E-state index in [1.807, 2.05) is 6.07 Å². The molecule has 0 atom stereocenters. The summed E-state index contributed by atoms with van der Waals surface area (Å²) in [6.07, 6.45) is 0. The van der Waals surface area contributed by atoms with Crippen LogP contribution < -0.4 is 10.1 Å². The van der Waals surface area contributed by atoms with Crippen LogP contribution in [0.5, 0.6) is 5.75 Å². The van der Waals surface area contributed by atoms with Gasteiger partial charge in [-0.25, -0.2) is 0 Å². The molecule has 0 unspecified atom stereocenters. The quantitative estimate of drug-likeness (QED) is 0.512. The first-order valence-corrected chi connectivity index (χ1v) is 8.47. The monoisotopic (exact) mass is 403 g/mol. The Hall–Kier alpha value is -3.03. The van der Waals surface area contributed by atoms with Crippen molar-refractivity contribution in [2.45, 2.75) is 0 Å². The van der Waals surface area contributed by atoms with E-state index in [0.29, 0.717) is 26.9 Å². The van der Waals surface area contributed by atoms with Gasteiger partial charge < -0.3 is 13.6 Å². The summed E-state index contributed by atoms with van der Waals surface area (Å²) < 4.78 is 16.3. The molecule has 9 heteroatoms. The number of ether oxygens (including phenoxy) is 1. The molecular weight excluding hydrogens is 393 g/mol. The maximum atomic E-state index is 12.4. The molecule has 4 rings (SSSR count). The van der Waals surface area contributed by atoms with Crippen LogP contribution in [-0.2, 0) is 0 Å². The number of rotatable bonds is 4. The predicted octanol–water partition coefficient (Wildman–Crippen LogP) is 5.05.